The summed E-state index contributed by atoms with van der Waals surface area (Å²) in [7, 11) is 1.61. The molecule has 2 aliphatic heterocycles. The van der Waals surface area contributed by atoms with E-state index in [9.17, 15) is 14.0 Å². The third-order valence-corrected chi connectivity index (χ3v) is 5.98. The molecule has 9 nitrogen and oxygen atoms in total. The van der Waals surface area contributed by atoms with Crippen LogP contribution < -0.4 is 15.1 Å². The zero-order valence-electron chi connectivity index (χ0n) is 17.6. The molecule has 0 bridgehead atoms. The molecule has 2 heterocycles. The highest BCUT2D eigenvalue weighted by atomic mass is 19.1. The molecule has 2 saturated heterocycles. The van der Waals surface area contributed by atoms with Crippen LogP contribution in [0.1, 0.15) is 6.92 Å². The van der Waals surface area contributed by atoms with Gasteiger partial charge in [0.1, 0.15) is 18.5 Å². The van der Waals surface area contributed by atoms with E-state index in [2.05, 4.69) is 10.5 Å². The van der Waals surface area contributed by atoms with Gasteiger partial charge >= 0.3 is 6.09 Å². The molecule has 2 unspecified atom stereocenters. The van der Waals surface area contributed by atoms with Crippen LogP contribution in [0.4, 0.5) is 20.6 Å². The van der Waals surface area contributed by atoms with Crippen LogP contribution in [-0.2, 0) is 19.1 Å². The summed E-state index contributed by atoms with van der Waals surface area (Å²) in [5, 5.41) is 6.62. The first-order valence-corrected chi connectivity index (χ1v) is 10.4. The second-order valence-electron chi connectivity index (χ2n) is 8.08. The molecule has 3 atom stereocenters. The van der Waals surface area contributed by atoms with E-state index < -0.39 is 12.2 Å². The Hall–Kier alpha value is -2.88. The Kier molecular flexibility index (Phi) is 6.26. The predicted molar refractivity (Wildman–Crippen MR) is 112 cm³/mol. The minimum Gasteiger partial charge on any atom is -0.442 e. The lowest BCUT2D eigenvalue weighted by Gasteiger charge is -2.23. The number of ether oxygens (including phenoxy) is 2. The normalized spacial score (nSPS) is 26.9. The summed E-state index contributed by atoms with van der Waals surface area (Å²) >= 11 is 0. The predicted octanol–water partition coefficient (Wildman–Crippen LogP) is 1.62. The number of halogens is 1. The van der Waals surface area contributed by atoms with Crippen molar-refractivity contribution in [1.82, 2.24) is 5.32 Å². The second-order valence-corrected chi connectivity index (χ2v) is 8.08. The summed E-state index contributed by atoms with van der Waals surface area (Å²) in [6.07, 6.45) is 0.847. The first kappa shape index (κ1) is 21.4. The van der Waals surface area contributed by atoms with Gasteiger partial charge < -0.3 is 24.5 Å². The van der Waals surface area contributed by atoms with Gasteiger partial charge in [-0.1, -0.05) is 5.16 Å². The number of rotatable bonds is 9. The lowest BCUT2D eigenvalue weighted by Crippen LogP contribution is -2.33. The van der Waals surface area contributed by atoms with E-state index in [1.165, 1.54) is 17.9 Å². The number of nitrogens with zero attached hydrogens (tertiary/aromatic N) is 3. The lowest BCUT2D eigenvalue weighted by molar-refractivity contribution is -0.119. The van der Waals surface area contributed by atoms with Gasteiger partial charge in [0, 0.05) is 39.3 Å². The molecule has 0 spiro atoms. The van der Waals surface area contributed by atoms with E-state index in [1.807, 2.05) is 11.1 Å². The van der Waals surface area contributed by atoms with Crippen LogP contribution in [0.5, 0.6) is 0 Å². The van der Waals surface area contributed by atoms with Crippen molar-refractivity contribution in [1.29, 1.82) is 0 Å². The Labute approximate surface area is 180 Å². The lowest BCUT2D eigenvalue weighted by atomic mass is 10.2. The fourth-order valence-corrected chi connectivity index (χ4v) is 4.29. The highest BCUT2D eigenvalue weighted by Gasteiger charge is 2.55. The Morgan fingerprint density at radius 2 is 2.10 bits per heavy atom. The van der Waals surface area contributed by atoms with Gasteiger partial charge in [0.15, 0.2) is 0 Å². The van der Waals surface area contributed by atoms with E-state index in [0.29, 0.717) is 42.3 Å². The molecule has 3 aliphatic rings. The number of methoxy groups -OCH3 is 1. The van der Waals surface area contributed by atoms with Crippen molar-refractivity contribution in [2.45, 2.75) is 13.0 Å². The standard InChI is InChI=1S/C21H27FN4O5/c1-13(27)23-8-15-10-26(21(28)31-15)14-3-4-20(19(22)7-14)25-11-17-16(18(17)12-25)9-24-30-6-5-29-2/h3-4,7,9,15-18H,5-6,8,10-12H2,1-2H3,(H,23,27)/t15-,16?,17?,18?/m0/s1. The summed E-state index contributed by atoms with van der Waals surface area (Å²) in [6, 6.07) is 4.80. The Bertz CT molecular complexity index is 854. The Morgan fingerprint density at radius 3 is 2.77 bits per heavy atom. The van der Waals surface area contributed by atoms with E-state index in [1.54, 1.807) is 19.2 Å². The molecular formula is C21H27FN4O5. The first-order valence-electron chi connectivity index (χ1n) is 10.4. The highest BCUT2D eigenvalue weighted by Crippen LogP contribution is 2.51. The maximum atomic E-state index is 14.9. The zero-order chi connectivity index (χ0) is 22.0. The number of anilines is 2. The average Bonchev–Trinajstić information content (AvgIpc) is 3.05. The van der Waals surface area contributed by atoms with Crippen molar-refractivity contribution in [3.63, 3.8) is 0 Å². The minimum atomic E-state index is -0.542. The molecule has 1 aliphatic carbocycles. The first-order chi connectivity index (χ1) is 15.0. The molecule has 0 aromatic heterocycles. The number of benzene rings is 1. The molecular weight excluding hydrogens is 407 g/mol. The highest BCUT2D eigenvalue weighted by molar-refractivity contribution is 5.90. The molecule has 4 rings (SSSR count). The van der Waals surface area contributed by atoms with Gasteiger partial charge in [0.25, 0.3) is 0 Å². The largest absolute Gasteiger partial charge is 0.442 e. The number of cyclic esters (lactones) is 1. The van der Waals surface area contributed by atoms with Gasteiger partial charge in [0.2, 0.25) is 5.91 Å². The molecule has 168 valence electrons. The Morgan fingerprint density at radius 1 is 1.32 bits per heavy atom. The SMILES string of the molecule is COCCON=CC1C2CN(c3ccc(N4C[C@H](CNC(C)=O)OC4=O)cc3F)CC12. The minimum absolute atomic E-state index is 0.194. The van der Waals surface area contributed by atoms with Crippen LogP contribution in [0, 0.1) is 23.6 Å². The van der Waals surface area contributed by atoms with Gasteiger partial charge in [-0.25, -0.2) is 9.18 Å². The van der Waals surface area contributed by atoms with Crippen molar-refractivity contribution in [2.75, 3.05) is 56.3 Å². The summed E-state index contributed by atoms with van der Waals surface area (Å²) in [5.41, 5.74) is 0.976. The maximum absolute atomic E-state index is 14.9. The number of amides is 2. The summed E-state index contributed by atoms with van der Waals surface area (Å²) in [6.45, 7) is 4.35. The van der Waals surface area contributed by atoms with Gasteiger partial charge in [-0.3, -0.25) is 9.69 Å². The number of carbonyl (C=O) groups is 2. The van der Waals surface area contributed by atoms with E-state index in [0.717, 1.165) is 13.1 Å². The number of piperidine rings is 1. The number of hydrogen-bond acceptors (Lipinski definition) is 7. The van der Waals surface area contributed by atoms with Crippen LogP contribution in [0.25, 0.3) is 0 Å². The molecule has 1 N–H and O–H groups in total. The van der Waals surface area contributed by atoms with Crippen molar-refractivity contribution in [2.24, 2.45) is 22.9 Å². The number of fused-ring (bicyclic) bond motifs is 1. The molecule has 31 heavy (non-hydrogen) atoms. The number of nitrogens with one attached hydrogen (secondary N) is 1. The third-order valence-electron chi connectivity index (χ3n) is 5.98. The van der Waals surface area contributed by atoms with Gasteiger partial charge in [-0.15, -0.1) is 0 Å². The summed E-state index contributed by atoms with van der Waals surface area (Å²) < 4.78 is 25.0. The molecule has 1 saturated carbocycles. The van der Waals surface area contributed by atoms with Crippen LogP contribution in [0.3, 0.4) is 0 Å². The maximum Gasteiger partial charge on any atom is 0.414 e. The van der Waals surface area contributed by atoms with Crippen molar-refractivity contribution >= 4 is 29.6 Å². The molecule has 1 aromatic carbocycles. The van der Waals surface area contributed by atoms with Crippen LogP contribution in [0.15, 0.2) is 23.4 Å². The second kappa shape index (κ2) is 9.09. The van der Waals surface area contributed by atoms with Crippen LogP contribution in [-0.4, -0.2) is 70.8 Å². The fourth-order valence-electron chi connectivity index (χ4n) is 4.29. The van der Waals surface area contributed by atoms with Crippen LogP contribution >= 0.6 is 0 Å². The van der Waals surface area contributed by atoms with Crippen molar-refractivity contribution < 1.29 is 28.3 Å². The molecule has 2 amide bonds. The third kappa shape index (κ3) is 4.73. The Balaban J connectivity index is 1.31. The smallest absolute Gasteiger partial charge is 0.414 e. The van der Waals surface area contributed by atoms with E-state index in [4.69, 9.17) is 14.3 Å². The van der Waals surface area contributed by atoms with E-state index in [-0.39, 0.29) is 24.8 Å². The number of carbonyl (C=O) groups excluding carboxylic acids is 2. The molecule has 3 fully saturated rings. The van der Waals surface area contributed by atoms with E-state index >= 15 is 0 Å². The quantitative estimate of drug-likeness (QED) is 0.361. The van der Waals surface area contributed by atoms with Crippen molar-refractivity contribution in [3.05, 3.63) is 24.0 Å². The monoisotopic (exact) mass is 434 g/mol. The van der Waals surface area contributed by atoms with Gasteiger partial charge in [-0.05, 0) is 30.0 Å². The topological polar surface area (TPSA) is 92.7 Å². The summed E-state index contributed by atoms with van der Waals surface area (Å²) in [4.78, 5) is 31.7. The van der Waals surface area contributed by atoms with Crippen LogP contribution in [0.2, 0.25) is 0 Å². The average molecular weight is 434 g/mol. The fraction of sp³-hybridized carbons (Fsp3) is 0.571. The van der Waals surface area contributed by atoms with Gasteiger partial charge in [0.05, 0.1) is 31.1 Å². The summed E-state index contributed by atoms with van der Waals surface area (Å²) in [5.74, 6) is 0.723. The molecule has 0 radical (unpaired) electrons. The molecule has 10 heteroatoms. The number of hydrogen-bond donors (Lipinski definition) is 1. The zero-order valence-corrected chi connectivity index (χ0v) is 17.6. The molecule has 1 aromatic rings. The van der Waals surface area contributed by atoms with Gasteiger partial charge in [-0.2, -0.15) is 0 Å². The van der Waals surface area contributed by atoms with Crippen molar-refractivity contribution in [3.8, 4) is 0 Å². The number of oxime groups is 1.